The van der Waals surface area contributed by atoms with Gasteiger partial charge in [0.05, 0.1) is 16.1 Å². The highest BCUT2D eigenvalue weighted by Gasteiger charge is 2.16. The van der Waals surface area contributed by atoms with Gasteiger partial charge >= 0.3 is 5.76 Å². The number of benzene rings is 1. The summed E-state index contributed by atoms with van der Waals surface area (Å²) in [6, 6.07) is 4.29. The second-order valence-corrected chi connectivity index (χ2v) is 6.45. The van der Waals surface area contributed by atoms with Crippen LogP contribution in [0.2, 0.25) is 0 Å². The lowest BCUT2D eigenvalue weighted by molar-refractivity contribution is 0.527. The molecule has 3 aromatic rings. The Balaban J connectivity index is 1.80. The highest BCUT2D eigenvalue weighted by Crippen LogP contribution is 2.17. The van der Waals surface area contributed by atoms with E-state index in [1.54, 1.807) is 7.05 Å². The average Bonchev–Trinajstić information content (AvgIpc) is 3.08. The Hall–Kier alpha value is -2.39. The molecule has 0 aliphatic carbocycles. The molecule has 0 saturated carbocycles. The number of aryl methyl sites for hydroxylation is 1. The molecule has 1 N–H and O–H groups in total. The van der Waals surface area contributed by atoms with E-state index in [9.17, 15) is 13.2 Å². The van der Waals surface area contributed by atoms with Crippen LogP contribution in [-0.2, 0) is 23.5 Å². The molecule has 9 heteroatoms. The van der Waals surface area contributed by atoms with E-state index < -0.39 is 15.8 Å². The van der Waals surface area contributed by atoms with Crippen LogP contribution in [0.25, 0.3) is 11.1 Å². The largest absolute Gasteiger partial charge is 0.451 e. The number of oxazole rings is 2. The smallest absolute Gasteiger partial charge is 0.419 e. The van der Waals surface area contributed by atoms with Gasteiger partial charge in [-0.1, -0.05) is 0 Å². The quantitative estimate of drug-likeness (QED) is 0.738. The van der Waals surface area contributed by atoms with Crippen molar-refractivity contribution in [1.82, 2.24) is 14.3 Å². The SMILES string of the molecule is Cn1c(=O)oc2cc(S(=O)(=O)NCCc3cocn3)ccc21. The van der Waals surface area contributed by atoms with Gasteiger partial charge in [0.1, 0.15) is 6.26 Å². The summed E-state index contributed by atoms with van der Waals surface area (Å²) in [6.07, 6.45) is 3.16. The maximum absolute atomic E-state index is 12.2. The van der Waals surface area contributed by atoms with Crippen molar-refractivity contribution in [3.8, 4) is 0 Å². The molecule has 0 saturated heterocycles. The van der Waals surface area contributed by atoms with Crippen LogP contribution in [0.4, 0.5) is 0 Å². The first-order valence-corrected chi connectivity index (χ1v) is 7.92. The molecule has 0 aliphatic rings. The number of hydrogen-bond acceptors (Lipinski definition) is 6. The summed E-state index contributed by atoms with van der Waals surface area (Å²) >= 11 is 0. The molecule has 3 rings (SSSR count). The van der Waals surface area contributed by atoms with Crippen LogP contribution in [-0.4, -0.2) is 24.5 Å². The summed E-state index contributed by atoms with van der Waals surface area (Å²) in [5.41, 5.74) is 1.42. The molecule has 0 radical (unpaired) electrons. The molecule has 2 heterocycles. The van der Waals surface area contributed by atoms with E-state index in [2.05, 4.69) is 9.71 Å². The third-order valence-electron chi connectivity index (χ3n) is 3.23. The molecule has 116 valence electrons. The standard InChI is InChI=1S/C13H13N3O5S/c1-16-11-3-2-10(6-12(11)21-13(16)17)22(18,19)15-5-4-9-7-20-8-14-9/h2-3,6-8,15H,4-5H2,1H3. The third kappa shape index (κ3) is 2.68. The number of nitrogens with zero attached hydrogens (tertiary/aromatic N) is 2. The van der Waals surface area contributed by atoms with Crippen molar-refractivity contribution in [2.75, 3.05) is 6.54 Å². The zero-order chi connectivity index (χ0) is 15.7. The average molecular weight is 323 g/mol. The Morgan fingerprint density at radius 3 is 2.91 bits per heavy atom. The van der Waals surface area contributed by atoms with Gasteiger partial charge in [0.2, 0.25) is 10.0 Å². The minimum atomic E-state index is -3.69. The van der Waals surface area contributed by atoms with Gasteiger partial charge in [-0.2, -0.15) is 0 Å². The van der Waals surface area contributed by atoms with Crippen LogP contribution in [0.15, 0.2) is 49.4 Å². The van der Waals surface area contributed by atoms with E-state index >= 15 is 0 Å². The maximum Gasteiger partial charge on any atom is 0.419 e. The molecule has 22 heavy (non-hydrogen) atoms. The van der Waals surface area contributed by atoms with Crippen molar-refractivity contribution < 1.29 is 17.3 Å². The zero-order valence-electron chi connectivity index (χ0n) is 11.6. The van der Waals surface area contributed by atoms with Crippen LogP contribution < -0.4 is 10.5 Å². The summed E-state index contributed by atoms with van der Waals surface area (Å²) < 4.78 is 38.0. The highest BCUT2D eigenvalue weighted by molar-refractivity contribution is 7.89. The lowest BCUT2D eigenvalue weighted by atomic mass is 10.3. The number of aromatic nitrogens is 2. The number of nitrogens with one attached hydrogen (secondary N) is 1. The Morgan fingerprint density at radius 2 is 2.18 bits per heavy atom. The molecule has 0 fully saturated rings. The van der Waals surface area contributed by atoms with E-state index in [1.165, 1.54) is 35.4 Å². The highest BCUT2D eigenvalue weighted by atomic mass is 32.2. The van der Waals surface area contributed by atoms with Crippen molar-refractivity contribution in [1.29, 1.82) is 0 Å². The fourth-order valence-corrected chi connectivity index (χ4v) is 3.09. The fourth-order valence-electron chi connectivity index (χ4n) is 2.04. The second kappa shape index (κ2) is 5.43. The molecule has 0 amide bonds. The van der Waals surface area contributed by atoms with Gasteiger partial charge in [-0.3, -0.25) is 4.57 Å². The van der Waals surface area contributed by atoms with Gasteiger partial charge in [0, 0.05) is 26.1 Å². The van der Waals surface area contributed by atoms with Crippen LogP contribution in [0.5, 0.6) is 0 Å². The van der Waals surface area contributed by atoms with Crippen LogP contribution in [0.3, 0.4) is 0 Å². The van der Waals surface area contributed by atoms with E-state index in [0.717, 1.165) is 0 Å². The number of fused-ring (bicyclic) bond motifs is 1. The molecule has 1 aromatic carbocycles. The zero-order valence-corrected chi connectivity index (χ0v) is 12.5. The number of hydrogen-bond donors (Lipinski definition) is 1. The maximum atomic E-state index is 12.2. The molecule has 0 aliphatic heterocycles. The molecule has 0 unspecified atom stereocenters. The van der Waals surface area contributed by atoms with Crippen molar-refractivity contribution in [2.45, 2.75) is 11.3 Å². The number of rotatable bonds is 5. The molecule has 2 aromatic heterocycles. The normalized spacial score (nSPS) is 12.0. The van der Waals surface area contributed by atoms with Gasteiger partial charge in [0.25, 0.3) is 0 Å². The Bertz CT molecular complexity index is 953. The fraction of sp³-hybridized carbons (Fsp3) is 0.231. The summed E-state index contributed by atoms with van der Waals surface area (Å²) in [7, 11) is -2.13. The van der Waals surface area contributed by atoms with E-state index in [4.69, 9.17) is 8.83 Å². The first-order chi connectivity index (χ1) is 10.5. The number of sulfonamides is 1. The predicted octanol–water partition coefficient (Wildman–Crippen LogP) is 0.640. The van der Waals surface area contributed by atoms with Crippen molar-refractivity contribution in [3.05, 3.63) is 47.1 Å². The Labute approximate surface area is 125 Å². The van der Waals surface area contributed by atoms with Crippen LogP contribution >= 0.6 is 0 Å². The third-order valence-corrected chi connectivity index (χ3v) is 4.69. The molecule has 0 atom stereocenters. The first kappa shape index (κ1) is 14.5. The molecular weight excluding hydrogens is 310 g/mol. The summed E-state index contributed by atoms with van der Waals surface area (Å²) in [6.45, 7) is 0.186. The van der Waals surface area contributed by atoms with Crippen molar-refractivity contribution >= 4 is 21.1 Å². The molecule has 0 bridgehead atoms. The molecule has 8 nitrogen and oxygen atoms in total. The van der Waals surface area contributed by atoms with Gasteiger partial charge in [-0.05, 0) is 12.1 Å². The summed E-state index contributed by atoms with van der Waals surface area (Å²) in [4.78, 5) is 15.4. The van der Waals surface area contributed by atoms with Gasteiger partial charge in [-0.25, -0.2) is 22.9 Å². The minimum absolute atomic E-state index is 0.0366. The lowest BCUT2D eigenvalue weighted by Crippen LogP contribution is -2.26. The van der Waals surface area contributed by atoms with E-state index in [0.29, 0.717) is 17.6 Å². The second-order valence-electron chi connectivity index (χ2n) is 4.68. The van der Waals surface area contributed by atoms with Crippen LogP contribution in [0.1, 0.15) is 5.69 Å². The van der Waals surface area contributed by atoms with Gasteiger partial charge < -0.3 is 8.83 Å². The minimum Gasteiger partial charge on any atom is -0.451 e. The lowest BCUT2D eigenvalue weighted by Gasteiger charge is -2.05. The van der Waals surface area contributed by atoms with E-state index in [-0.39, 0.29) is 17.0 Å². The van der Waals surface area contributed by atoms with Crippen LogP contribution in [0, 0.1) is 0 Å². The topological polar surface area (TPSA) is 107 Å². The van der Waals surface area contributed by atoms with Gasteiger partial charge in [0.15, 0.2) is 12.0 Å². The Kier molecular flexibility index (Phi) is 3.59. The Morgan fingerprint density at radius 1 is 1.36 bits per heavy atom. The van der Waals surface area contributed by atoms with Crippen molar-refractivity contribution in [2.24, 2.45) is 7.05 Å². The van der Waals surface area contributed by atoms with E-state index in [1.807, 2.05) is 0 Å². The van der Waals surface area contributed by atoms with Crippen molar-refractivity contribution in [3.63, 3.8) is 0 Å². The van der Waals surface area contributed by atoms with Gasteiger partial charge in [-0.15, -0.1) is 0 Å². The molecular formula is C13H13N3O5S. The summed E-state index contributed by atoms with van der Waals surface area (Å²) in [5, 5.41) is 0. The summed E-state index contributed by atoms with van der Waals surface area (Å²) in [5.74, 6) is -0.538. The first-order valence-electron chi connectivity index (χ1n) is 6.44. The monoisotopic (exact) mass is 323 g/mol. The predicted molar refractivity (Wildman–Crippen MR) is 76.9 cm³/mol. The molecule has 0 spiro atoms.